The van der Waals surface area contributed by atoms with Crippen molar-refractivity contribution in [1.82, 2.24) is 14.9 Å². The molecule has 2 heterocycles. The normalized spacial score (nSPS) is 14.6. The van der Waals surface area contributed by atoms with Crippen molar-refractivity contribution in [3.05, 3.63) is 52.7 Å². The number of amides is 1. The highest BCUT2D eigenvalue weighted by atomic mass is 19.1. The quantitative estimate of drug-likeness (QED) is 0.789. The largest absolute Gasteiger partial charge is 0.353 e. The van der Waals surface area contributed by atoms with Crippen LogP contribution in [0.3, 0.4) is 0 Å². The number of halogens is 1. The first-order valence-corrected chi connectivity index (χ1v) is 10.0. The second kappa shape index (κ2) is 8.67. The molecule has 0 radical (unpaired) electrons. The molecule has 1 saturated heterocycles. The topological polar surface area (TPSA) is 49.3 Å². The van der Waals surface area contributed by atoms with Crippen molar-refractivity contribution in [2.75, 3.05) is 31.1 Å². The van der Waals surface area contributed by atoms with Gasteiger partial charge in [-0.2, -0.15) is 0 Å². The van der Waals surface area contributed by atoms with Gasteiger partial charge in [0.1, 0.15) is 17.5 Å². The maximum absolute atomic E-state index is 14.3. The summed E-state index contributed by atoms with van der Waals surface area (Å²) in [4.78, 5) is 25.7. The van der Waals surface area contributed by atoms with E-state index in [1.54, 1.807) is 6.07 Å². The number of piperazine rings is 1. The van der Waals surface area contributed by atoms with E-state index < -0.39 is 0 Å². The molecule has 1 aromatic carbocycles. The minimum absolute atomic E-state index is 0.188. The number of aromatic nitrogens is 2. The molecule has 0 aliphatic carbocycles. The Hall–Kier alpha value is -2.50. The van der Waals surface area contributed by atoms with Gasteiger partial charge in [0.25, 0.3) is 0 Å². The fraction of sp³-hybridized carbons (Fsp3) is 0.500. The highest BCUT2D eigenvalue weighted by molar-refractivity contribution is 5.76. The molecular weight excluding hydrogens is 355 g/mol. The van der Waals surface area contributed by atoms with E-state index in [4.69, 9.17) is 4.98 Å². The first-order valence-electron chi connectivity index (χ1n) is 10.0. The molecule has 0 bridgehead atoms. The first kappa shape index (κ1) is 20.2. The number of hydrogen-bond acceptors (Lipinski definition) is 4. The van der Waals surface area contributed by atoms with Gasteiger partial charge in [0, 0.05) is 56.2 Å². The standard InChI is InChI=1S/C22H29FN4O/c1-5-20(28)26-10-12-27(13-11-26)22-18(14-17-8-6-7-9-19(17)23)16(4)24-21(25-22)15(2)3/h6-9,15H,5,10-14H2,1-4H3. The van der Waals surface area contributed by atoms with Crippen LogP contribution in [0.4, 0.5) is 10.2 Å². The number of carbonyl (C=O) groups is 1. The predicted octanol–water partition coefficient (Wildman–Crippen LogP) is 3.70. The second-order valence-corrected chi connectivity index (χ2v) is 7.61. The van der Waals surface area contributed by atoms with Gasteiger partial charge in [0.2, 0.25) is 5.91 Å². The summed E-state index contributed by atoms with van der Waals surface area (Å²) in [6, 6.07) is 6.86. The molecule has 0 N–H and O–H groups in total. The number of anilines is 1. The van der Waals surface area contributed by atoms with Gasteiger partial charge >= 0.3 is 0 Å². The molecule has 3 rings (SSSR count). The fourth-order valence-corrected chi connectivity index (χ4v) is 3.55. The van der Waals surface area contributed by atoms with Gasteiger partial charge in [-0.15, -0.1) is 0 Å². The van der Waals surface area contributed by atoms with Crippen molar-refractivity contribution in [3.8, 4) is 0 Å². The van der Waals surface area contributed by atoms with Crippen molar-refractivity contribution in [3.63, 3.8) is 0 Å². The number of benzene rings is 1. The lowest BCUT2D eigenvalue weighted by Crippen LogP contribution is -2.49. The molecule has 1 fully saturated rings. The van der Waals surface area contributed by atoms with E-state index in [9.17, 15) is 9.18 Å². The lowest BCUT2D eigenvalue weighted by molar-refractivity contribution is -0.131. The number of nitrogens with zero attached hydrogens (tertiary/aromatic N) is 4. The summed E-state index contributed by atoms with van der Waals surface area (Å²) >= 11 is 0. The Bertz CT molecular complexity index is 844. The summed E-state index contributed by atoms with van der Waals surface area (Å²) < 4.78 is 14.3. The van der Waals surface area contributed by atoms with Crippen LogP contribution < -0.4 is 4.90 Å². The molecular formula is C22H29FN4O. The van der Waals surface area contributed by atoms with Crippen molar-refractivity contribution >= 4 is 11.7 Å². The summed E-state index contributed by atoms with van der Waals surface area (Å²) in [6.45, 7) is 10.8. The SMILES string of the molecule is CCC(=O)N1CCN(c2nc(C(C)C)nc(C)c2Cc2ccccc2F)CC1. The van der Waals surface area contributed by atoms with Gasteiger partial charge in [0.05, 0.1) is 0 Å². The lowest BCUT2D eigenvalue weighted by atomic mass is 10.0. The average Bonchev–Trinajstić information content (AvgIpc) is 2.70. The van der Waals surface area contributed by atoms with Crippen molar-refractivity contribution in [2.45, 2.75) is 46.5 Å². The molecule has 2 aromatic rings. The van der Waals surface area contributed by atoms with Crippen LogP contribution >= 0.6 is 0 Å². The Morgan fingerprint density at radius 3 is 2.43 bits per heavy atom. The van der Waals surface area contributed by atoms with E-state index in [2.05, 4.69) is 23.7 Å². The van der Waals surface area contributed by atoms with E-state index in [1.165, 1.54) is 6.07 Å². The van der Waals surface area contributed by atoms with Gasteiger partial charge in [-0.1, -0.05) is 39.0 Å². The summed E-state index contributed by atoms with van der Waals surface area (Å²) in [6.07, 6.45) is 0.989. The Balaban J connectivity index is 1.94. The zero-order valence-corrected chi connectivity index (χ0v) is 17.2. The van der Waals surface area contributed by atoms with E-state index in [0.29, 0.717) is 31.5 Å². The van der Waals surface area contributed by atoms with Crippen molar-refractivity contribution < 1.29 is 9.18 Å². The van der Waals surface area contributed by atoms with Crippen LogP contribution in [0, 0.1) is 12.7 Å². The zero-order valence-electron chi connectivity index (χ0n) is 17.2. The third-order valence-corrected chi connectivity index (χ3v) is 5.29. The number of rotatable bonds is 5. The third kappa shape index (κ3) is 4.32. The van der Waals surface area contributed by atoms with Gasteiger partial charge in [-0.05, 0) is 18.6 Å². The molecule has 1 aliphatic heterocycles. The molecule has 150 valence electrons. The Kier molecular flexibility index (Phi) is 6.27. The highest BCUT2D eigenvalue weighted by Gasteiger charge is 2.25. The molecule has 6 heteroatoms. The molecule has 0 saturated carbocycles. The first-order chi connectivity index (χ1) is 13.4. The van der Waals surface area contributed by atoms with E-state index in [1.807, 2.05) is 30.9 Å². The molecule has 0 unspecified atom stereocenters. The fourth-order valence-electron chi connectivity index (χ4n) is 3.55. The van der Waals surface area contributed by atoms with Crippen LogP contribution in [0.15, 0.2) is 24.3 Å². The lowest BCUT2D eigenvalue weighted by Gasteiger charge is -2.36. The minimum Gasteiger partial charge on any atom is -0.353 e. The summed E-state index contributed by atoms with van der Waals surface area (Å²) in [7, 11) is 0. The van der Waals surface area contributed by atoms with Crippen molar-refractivity contribution in [2.24, 2.45) is 0 Å². The molecule has 5 nitrogen and oxygen atoms in total. The Labute approximate surface area is 166 Å². The van der Waals surface area contributed by atoms with Gasteiger partial charge < -0.3 is 9.80 Å². The maximum atomic E-state index is 14.3. The van der Waals surface area contributed by atoms with Gasteiger partial charge in [0.15, 0.2) is 0 Å². The Morgan fingerprint density at radius 2 is 1.82 bits per heavy atom. The monoisotopic (exact) mass is 384 g/mol. The van der Waals surface area contributed by atoms with Gasteiger partial charge in [-0.25, -0.2) is 14.4 Å². The highest BCUT2D eigenvalue weighted by Crippen LogP contribution is 2.27. The Morgan fingerprint density at radius 1 is 1.14 bits per heavy atom. The zero-order chi connectivity index (χ0) is 20.3. The predicted molar refractivity (Wildman–Crippen MR) is 109 cm³/mol. The number of hydrogen-bond donors (Lipinski definition) is 0. The minimum atomic E-state index is -0.209. The van der Waals surface area contributed by atoms with Gasteiger partial charge in [-0.3, -0.25) is 4.79 Å². The third-order valence-electron chi connectivity index (χ3n) is 5.29. The summed E-state index contributed by atoms with van der Waals surface area (Å²) in [5, 5.41) is 0. The van der Waals surface area contributed by atoms with Crippen LogP contribution in [0.2, 0.25) is 0 Å². The average molecular weight is 384 g/mol. The molecule has 1 amide bonds. The second-order valence-electron chi connectivity index (χ2n) is 7.61. The summed E-state index contributed by atoms with van der Waals surface area (Å²) in [5.41, 5.74) is 2.50. The number of aryl methyl sites for hydroxylation is 1. The van der Waals surface area contributed by atoms with Crippen LogP contribution in [-0.2, 0) is 11.2 Å². The van der Waals surface area contributed by atoms with Crippen LogP contribution in [0.1, 0.15) is 55.8 Å². The van der Waals surface area contributed by atoms with Crippen LogP contribution in [0.5, 0.6) is 0 Å². The summed E-state index contributed by atoms with van der Waals surface area (Å²) in [5.74, 6) is 1.87. The van der Waals surface area contributed by atoms with Crippen LogP contribution in [-0.4, -0.2) is 47.0 Å². The molecule has 0 atom stereocenters. The molecule has 0 spiro atoms. The maximum Gasteiger partial charge on any atom is 0.222 e. The van der Waals surface area contributed by atoms with E-state index in [-0.39, 0.29) is 17.6 Å². The van der Waals surface area contributed by atoms with E-state index in [0.717, 1.165) is 36.0 Å². The molecule has 1 aromatic heterocycles. The smallest absolute Gasteiger partial charge is 0.222 e. The van der Waals surface area contributed by atoms with E-state index >= 15 is 0 Å². The molecule has 1 aliphatic rings. The van der Waals surface area contributed by atoms with Crippen LogP contribution in [0.25, 0.3) is 0 Å². The molecule has 28 heavy (non-hydrogen) atoms. The van der Waals surface area contributed by atoms with Crippen molar-refractivity contribution in [1.29, 1.82) is 0 Å². The number of carbonyl (C=O) groups excluding carboxylic acids is 1.